The second-order valence-corrected chi connectivity index (χ2v) is 8.31. The van der Waals surface area contributed by atoms with Crippen LogP contribution in [0.1, 0.15) is 61.6 Å². The van der Waals surface area contributed by atoms with Crippen LogP contribution in [0.2, 0.25) is 0 Å². The molecule has 1 unspecified atom stereocenters. The van der Waals surface area contributed by atoms with E-state index in [0.717, 1.165) is 25.9 Å². The summed E-state index contributed by atoms with van der Waals surface area (Å²) in [5.41, 5.74) is 4.60. The molecule has 0 fully saturated rings. The maximum absolute atomic E-state index is 4.06. The van der Waals surface area contributed by atoms with Crippen LogP contribution in [0.25, 0.3) is 0 Å². The Bertz CT molecular complexity index is 576. The molecule has 0 saturated heterocycles. The van der Waals surface area contributed by atoms with Gasteiger partial charge in [-0.15, -0.1) is 13.2 Å². The third-order valence-electron chi connectivity index (χ3n) is 5.79. The molecule has 0 amide bonds. The standard InChI is InChI=1S/C25H40N2/c1-5-7-14-25(6-2)27-19-17-23-16-15-22(20-24(23)21-27)13-11-9-8-10-12-18-26(3)4/h5-6,15-16,20,25H,1-2,7-14,17-19,21H2,3-4H3. The molecular weight excluding hydrogens is 328 g/mol. The molecule has 0 aliphatic carbocycles. The van der Waals surface area contributed by atoms with Crippen LogP contribution in [0.4, 0.5) is 0 Å². The number of benzene rings is 1. The minimum absolute atomic E-state index is 0.474. The summed E-state index contributed by atoms with van der Waals surface area (Å²) in [6.45, 7) is 11.4. The largest absolute Gasteiger partial charge is 0.309 e. The van der Waals surface area contributed by atoms with Crippen molar-refractivity contribution in [1.29, 1.82) is 0 Å². The Morgan fingerprint density at radius 3 is 2.59 bits per heavy atom. The van der Waals surface area contributed by atoms with Crippen molar-refractivity contribution in [2.75, 3.05) is 27.2 Å². The third kappa shape index (κ3) is 7.63. The molecule has 0 bridgehead atoms. The number of nitrogens with zero attached hydrogens (tertiary/aromatic N) is 2. The summed E-state index contributed by atoms with van der Waals surface area (Å²) in [6, 6.07) is 7.69. The van der Waals surface area contributed by atoms with E-state index in [2.05, 4.69) is 61.3 Å². The molecule has 2 nitrogen and oxygen atoms in total. The van der Waals surface area contributed by atoms with Gasteiger partial charge in [0.1, 0.15) is 0 Å². The van der Waals surface area contributed by atoms with Crippen LogP contribution in [0.5, 0.6) is 0 Å². The summed E-state index contributed by atoms with van der Waals surface area (Å²) in [6.07, 6.45) is 15.5. The number of fused-ring (bicyclic) bond motifs is 1. The monoisotopic (exact) mass is 368 g/mol. The van der Waals surface area contributed by atoms with E-state index in [4.69, 9.17) is 0 Å². The number of rotatable bonds is 13. The fourth-order valence-corrected chi connectivity index (χ4v) is 4.10. The zero-order valence-corrected chi connectivity index (χ0v) is 17.8. The molecule has 1 aromatic rings. The number of hydrogen-bond acceptors (Lipinski definition) is 2. The van der Waals surface area contributed by atoms with Crippen LogP contribution in [0.3, 0.4) is 0 Å². The topological polar surface area (TPSA) is 6.48 Å². The predicted molar refractivity (Wildman–Crippen MR) is 119 cm³/mol. The van der Waals surface area contributed by atoms with Crippen molar-refractivity contribution in [2.24, 2.45) is 0 Å². The molecule has 0 aromatic heterocycles. The lowest BCUT2D eigenvalue weighted by Gasteiger charge is -2.34. The van der Waals surface area contributed by atoms with Gasteiger partial charge in [0.25, 0.3) is 0 Å². The average molecular weight is 369 g/mol. The molecule has 2 rings (SSSR count). The van der Waals surface area contributed by atoms with Crippen LogP contribution < -0.4 is 0 Å². The van der Waals surface area contributed by atoms with Gasteiger partial charge in [-0.05, 0) is 75.9 Å². The van der Waals surface area contributed by atoms with Crippen molar-refractivity contribution in [2.45, 2.75) is 70.4 Å². The first-order valence-electron chi connectivity index (χ1n) is 10.9. The van der Waals surface area contributed by atoms with E-state index >= 15 is 0 Å². The SMILES string of the molecule is C=CCCC(C=C)N1CCc2ccc(CCCCCCCN(C)C)cc2C1. The Morgan fingerprint density at radius 2 is 1.85 bits per heavy atom. The van der Waals surface area contributed by atoms with E-state index < -0.39 is 0 Å². The summed E-state index contributed by atoms with van der Waals surface area (Å²) in [5, 5.41) is 0. The van der Waals surface area contributed by atoms with Gasteiger partial charge in [-0.3, -0.25) is 4.90 Å². The molecule has 1 aliphatic rings. The van der Waals surface area contributed by atoms with Gasteiger partial charge < -0.3 is 4.90 Å². The summed E-state index contributed by atoms with van der Waals surface area (Å²) < 4.78 is 0. The van der Waals surface area contributed by atoms with Gasteiger partial charge in [0.15, 0.2) is 0 Å². The van der Waals surface area contributed by atoms with Crippen LogP contribution in [0, 0.1) is 0 Å². The van der Waals surface area contributed by atoms with Crippen molar-refractivity contribution in [1.82, 2.24) is 9.80 Å². The first-order valence-corrected chi connectivity index (χ1v) is 10.9. The molecule has 150 valence electrons. The van der Waals surface area contributed by atoms with E-state index in [-0.39, 0.29) is 0 Å². The molecule has 1 aromatic carbocycles. The first-order chi connectivity index (χ1) is 13.1. The van der Waals surface area contributed by atoms with Crippen LogP contribution >= 0.6 is 0 Å². The van der Waals surface area contributed by atoms with Gasteiger partial charge >= 0.3 is 0 Å². The van der Waals surface area contributed by atoms with Crippen LogP contribution in [-0.2, 0) is 19.4 Å². The highest BCUT2D eigenvalue weighted by Gasteiger charge is 2.21. The van der Waals surface area contributed by atoms with Gasteiger partial charge in [-0.25, -0.2) is 0 Å². The minimum Gasteiger partial charge on any atom is -0.309 e. The summed E-state index contributed by atoms with van der Waals surface area (Å²) in [5.74, 6) is 0. The van der Waals surface area contributed by atoms with Crippen molar-refractivity contribution in [3.63, 3.8) is 0 Å². The van der Waals surface area contributed by atoms with Crippen LogP contribution in [-0.4, -0.2) is 43.0 Å². The van der Waals surface area contributed by atoms with Crippen LogP contribution in [0.15, 0.2) is 43.5 Å². The van der Waals surface area contributed by atoms with E-state index in [1.165, 1.54) is 62.6 Å². The normalized spacial score (nSPS) is 15.5. The maximum Gasteiger partial charge on any atom is 0.0282 e. The summed E-state index contributed by atoms with van der Waals surface area (Å²) in [7, 11) is 4.32. The Hall–Kier alpha value is -1.38. The molecule has 1 atom stereocenters. The molecule has 1 heterocycles. The Morgan fingerprint density at radius 1 is 1.07 bits per heavy atom. The van der Waals surface area contributed by atoms with Gasteiger partial charge in [0.2, 0.25) is 0 Å². The van der Waals surface area contributed by atoms with Crippen molar-refractivity contribution in [3.8, 4) is 0 Å². The number of allylic oxidation sites excluding steroid dienone is 1. The second kappa shape index (κ2) is 12.2. The molecular formula is C25H40N2. The molecule has 2 heteroatoms. The van der Waals surface area contributed by atoms with Gasteiger partial charge in [-0.2, -0.15) is 0 Å². The third-order valence-corrected chi connectivity index (χ3v) is 5.79. The summed E-state index contributed by atoms with van der Waals surface area (Å²) in [4.78, 5) is 4.87. The van der Waals surface area contributed by atoms with Gasteiger partial charge in [-0.1, -0.05) is 49.6 Å². The number of unbranched alkanes of at least 4 members (excludes halogenated alkanes) is 4. The fourth-order valence-electron chi connectivity index (χ4n) is 4.10. The molecule has 0 saturated carbocycles. The van der Waals surface area contributed by atoms with E-state index in [9.17, 15) is 0 Å². The molecule has 0 radical (unpaired) electrons. The Kier molecular flexibility index (Phi) is 9.86. The Labute approximate surface area is 167 Å². The van der Waals surface area contributed by atoms with E-state index in [1.807, 2.05) is 6.08 Å². The maximum atomic E-state index is 4.06. The van der Waals surface area contributed by atoms with Crippen molar-refractivity contribution >= 4 is 0 Å². The lowest BCUT2D eigenvalue weighted by atomic mass is 9.94. The quantitative estimate of drug-likeness (QED) is 0.329. The molecule has 0 N–H and O–H groups in total. The highest BCUT2D eigenvalue weighted by molar-refractivity contribution is 5.34. The number of aryl methyl sites for hydroxylation is 1. The van der Waals surface area contributed by atoms with Crippen molar-refractivity contribution in [3.05, 3.63) is 60.2 Å². The molecule has 27 heavy (non-hydrogen) atoms. The van der Waals surface area contributed by atoms with E-state index in [1.54, 1.807) is 5.56 Å². The van der Waals surface area contributed by atoms with E-state index in [0.29, 0.717) is 6.04 Å². The second-order valence-electron chi connectivity index (χ2n) is 8.31. The molecule has 1 aliphatic heterocycles. The lowest BCUT2D eigenvalue weighted by molar-refractivity contribution is 0.203. The highest BCUT2D eigenvalue weighted by Crippen LogP contribution is 2.24. The lowest BCUT2D eigenvalue weighted by Crippen LogP contribution is -2.38. The number of hydrogen-bond donors (Lipinski definition) is 0. The highest BCUT2D eigenvalue weighted by atomic mass is 15.2. The van der Waals surface area contributed by atoms with Gasteiger partial charge in [0.05, 0.1) is 0 Å². The van der Waals surface area contributed by atoms with Gasteiger partial charge in [0, 0.05) is 19.1 Å². The first kappa shape index (κ1) is 21.9. The molecule has 0 spiro atoms. The zero-order valence-electron chi connectivity index (χ0n) is 17.8. The van der Waals surface area contributed by atoms with Crippen molar-refractivity contribution < 1.29 is 0 Å². The zero-order chi connectivity index (χ0) is 19.5. The summed E-state index contributed by atoms with van der Waals surface area (Å²) >= 11 is 0. The smallest absolute Gasteiger partial charge is 0.0282 e. The average Bonchev–Trinajstić information content (AvgIpc) is 2.67. The predicted octanol–water partition coefficient (Wildman–Crippen LogP) is 5.62. The minimum atomic E-state index is 0.474. The Balaban J connectivity index is 1.79. The fraction of sp³-hybridized carbons (Fsp3) is 0.600.